The van der Waals surface area contributed by atoms with E-state index in [1.54, 1.807) is 0 Å². The van der Waals surface area contributed by atoms with E-state index in [0.29, 0.717) is 13.1 Å². The van der Waals surface area contributed by atoms with E-state index in [-0.39, 0.29) is 48.3 Å². The molecule has 1 heterocycles. The van der Waals surface area contributed by atoms with Crippen molar-refractivity contribution >= 4 is 35.8 Å². The zero-order valence-corrected chi connectivity index (χ0v) is 20.1. The maximum atomic E-state index is 13.2. The van der Waals surface area contributed by atoms with Gasteiger partial charge < -0.3 is 20.3 Å². The number of carbonyl (C=O) groups is 1. The first kappa shape index (κ1) is 26.3. The number of carbonyl (C=O) groups excluding carboxylic acids is 1. The smallest absolute Gasteiger partial charge is 0.234 e. The minimum absolute atomic E-state index is 0. The van der Waals surface area contributed by atoms with Gasteiger partial charge in [0, 0.05) is 44.8 Å². The lowest BCUT2D eigenvalue weighted by Gasteiger charge is -2.36. The maximum absolute atomic E-state index is 13.2. The fraction of sp³-hybridized carbons (Fsp3) is 0.600. The van der Waals surface area contributed by atoms with Gasteiger partial charge in [-0.25, -0.2) is 13.8 Å². The summed E-state index contributed by atoms with van der Waals surface area (Å²) in [6.07, 6.45) is 0. The first-order valence-electron chi connectivity index (χ1n) is 10.0. The lowest BCUT2D eigenvalue weighted by molar-refractivity contribution is -0.123. The third-order valence-corrected chi connectivity index (χ3v) is 4.34. The summed E-state index contributed by atoms with van der Waals surface area (Å²) >= 11 is 0. The van der Waals surface area contributed by atoms with Crippen LogP contribution in [0.1, 0.15) is 20.8 Å². The van der Waals surface area contributed by atoms with E-state index < -0.39 is 11.6 Å². The van der Waals surface area contributed by atoms with Crippen LogP contribution in [0.15, 0.2) is 23.2 Å². The van der Waals surface area contributed by atoms with Gasteiger partial charge in [0.2, 0.25) is 5.91 Å². The molecule has 170 valence electrons. The highest BCUT2D eigenvalue weighted by Crippen LogP contribution is 2.15. The minimum Gasteiger partial charge on any atom is -0.492 e. The SMILES string of the molecule is CCNC(=NCCOc1ccc(F)c(F)c1)N1CCN(CC(=O)NC(C)C)CC1.I. The summed E-state index contributed by atoms with van der Waals surface area (Å²) in [5, 5.41) is 6.17. The van der Waals surface area contributed by atoms with E-state index in [1.807, 2.05) is 20.8 Å². The van der Waals surface area contributed by atoms with Gasteiger partial charge in [0.05, 0.1) is 13.1 Å². The Morgan fingerprint density at radius 1 is 1.20 bits per heavy atom. The average molecular weight is 539 g/mol. The Morgan fingerprint density at radius 3 is 2.50 bits per heavy atom. The molecule has 0 saturated carbocycles. The average Bonchev–Trinajstić information content (AvgIpc) is 2.67. The van der Waals surface area contributed by atoms with Crippen molar-refractivity contribution in [2.75, 3.05) is 52.4 Å². The molecule has 0 spiro atoms. The first-order valence-corrected chi connectivity index (χ1v) is 10.0. The van der Waals surface area contributed by atoms with Crippen LogP contribution in [0.4, 0.5) is 8.78 Å². The molecule has 0 unspecified atom stereocenters. The van der Waals surface area contributed by atoms with Crippen LogP contribution >= 0.6 is 24.0 Å². The van der Waals surface area contributed by atoms with Crippen molar-refractivity contribution in [3.05, 3.63) is 29.8 Å². The zero-order chi connectivity index (χ0) is 21.2. The van der Waals surface area contributed by atoms with Gasteiger partial charge in [-0.15, -0.1) is 24.0 Å². The molecular formula is C20H32F2IN5O2. The van der Waals surface area contributed by atoms with Gasteiger partial charge >= 0.3 is 0 Å². The molecule has 2 N–H and O–H groups in total. The molecule has 1 amide bonds. The van der Waals surface area contributed by atoms with Crippen LogP contribution in [0.2, 0.25) is 0 Å². The summed E-state index contributed by atoms with van der Waals surface area (Å²) in [4.78, 5) is 20.7. The Balaban J connectivity index is 0.00000450. The molecular weight excluding hydrogens is 507 g/mol. The molecule has 1 saturated heterocycles. The summed E-state index contributed by atoms with van der Waals surface area (Å²) in [6, 6.07) is 3.60. The van der Waals surface area contributed by atoms with E-state index in [4.69, 9.17) is 4.74 Å². The van der Waals surface area contributed by atoms with Gasteiger partial charge in [-0.1, -0.05) is 0 Å². The number of piperazine rings is 1. The van der Waals surface area contributed by atoms with Gasteiger partial charge in [-0.05, 0) is 32.9 Å². The number of benzene rings is 1. The standard InChI is InChI=1S/C20H31F2N5O2.HI/c1-4-23-20(24-7-12-29-16-5-6-17(21)18(22)13-16)27-10-8-26(9-11-27)14-19(28)25-15(2)3;/h5-6,13,15H,4,7-12,14H2,1-3H3,(H,23,24)(H,25,28);1H. The second-order valence-corrected chi connectivity index (χ2v) is 7.15. The summed E-state index contributed by atoms with van der Waals surface area (Å²) < 4.78 is 31.6. The van der Waals surface area contributed by atoms with E-state index in [0.717, 1.165) is 50.8 Å². The third-order valence-electron chi connectivity index (χ3n) is 4.34. The monoisotopic (exact) mass is 539 g/mol. The molecule has 0 radical (unpaired) electrons. The Bertz CT molecular complexity index is 698. The van der Waals surface area contributed by atoms with Gasteiger partial charge in [-0.2, -0.15) is 0 Å². The highest BCUT2D eigenvalue weighted by Gasteiger charge is 2.21. The molecule has 30 heavy (non-hydrogen) atoms. The molecule has 1 aromatic rings. The molecule has 7 nitrogen and oxygen atoms in total. The van der Waals surface area contributed by atoms with Crippen molar-refractivity contribution < 1.29 is 18.3 Å². The van der Waals surface area contributed by atoms with Crippen molar-refractivity contribution in [1.29, 1.82) is 0 Å². The van der Waals surface area contributed by atoms with Crippen molar-refractivity contribution in [3.8, 4) is 5.75 Å². The number of rotatable bonds is 8. The Hall–Kier alpha value is -1.69. The van der Waals surface area contributed by atoms with Crippen molar-refractivity contribution in [2.45, 2.75) is 26.8 Å². The van der Waals surface area contributed by atoms with Crippen LogP contribution in [-0.4, -0.2) is 80.1 Å². The normalized spacial score (nSPS) is 15.0. The fourth-order valence-corrected chi connectivity index (χ4v) is 3.00. The fourth-order valence-electron chi connectivity index (χ4n) is 3.00. The number of ether oxygens (including phenoxy) is 1. The summed E-state index contributed by atoms with van der Waals surface area (Å²) in [5.74, 6) is -0.724. The van der Waals surface area contributed by atoms with Crippen LogP contribution in [0, 0.1) is 11.6 Å². The van der Waals surface area contributed by atoms with E-state index in [9.17, 15) is 13.6 Å². The van der Waals surface area contributed by atoms with Crippen LogP contribution in [0.3, 0.4) is 0 Å². The summed E-state index contributed by atoms with van der Waals surface area (Å²) in [7, 11) is 0. The van der Waals surface area contributed by atoms with Crippen LogP contribution in [0.5, 0.6) is 5.75 Å². The first-order chi connectivity index (χ1) is 13.9. The second kappa shape index (κ2) is 13.6. The number of guanidine groups is 1. The van der Waals surface area contributed by atoms with Gasteiger partial charge in [0.1, 0.15) is 12.4 Å². The Labute approximate surface area is 194 Å². The highest BCUT2D eigenvalue weighted by molar-refractivity contribution is 14.0. The third kappa shape index (κ3) is 8.99. The molecule has 1 aliphatic heterocycles. The molecule has 2 rings (SSSR count). The molecule has 0 atom stereocenters. The predicted octanol–water partition coefficient (Wildman–Crippen LogP) is 2.07. The summed E-state index contributed by atoms with van der Waals surface area (Å²) in [6.45, 7) is 10.8. The van der Waals surface area contributed by atoms with Crippen LogP contribution < -0.4 is 15.4 Å². The van der Waals surface area contributed by atoms with E-state index in [1.165, 1.54) is 6.07 Å². The Morgan fingerprint density at radius 2 is 1.90 bits per heavy atom. The van der Waals surface area contributed by atoms with Crippen molar-refractivity contribution in [1.82, 2.24) is 20.4 Å². The zero-order valence-electron chi connectivity index (χ0n) is 17.8. The van der Waals surface area contributed by atoms with Gasteiger partial charge in [-0.3, -0.25) is 9.69 Å². The number of nitrogens with one attached hydrogen (secondary N) is 2. The molecule has 0 aliphatic carbocycles. The predicted molar refractivity (Wildman–Crippen MR) is 125 cm³/mol. The molecule has 0 bridgehead atoms. The number of aliphatic imine (C=N–C) groups is 1. The minimum atomic E-state index is -0.931. The van der Waals surface area contributed by atoms with E-state index >= 15 is 0 Å². The van der Waals surface area contributed by atoms with Crippen molar-refractivity contribution in [3.63, 3.8) is 0 Å². The number of halogens is 3. The largest absolute Gasteiger partial charge is 0.492 e. The van der Waals surface area contributed by atoms with Crippen LogP contribution in [-0.2, 0) is 4.79 Å². The quantitative estimate of drug-likeness (QED) is 0.229. The second-order valence-electron chi connectivity index (χ2n) is 7.15. The molecule has 1 aliphatic rings. The number of nitrogens with zero attached hydrogens (tertiary/aromatic N) is 3. The topological polar surface area (TPSA) is 69.2 Å². The molecule has 10 heteroatoms. The van der Waals surface area contributed by atoms with Gasteiger partial charge in [0.15, 0.2) is 17.6 Å². The van der Waals surface area contributed by atoms with E-state index in [2.05, 4.69) is 25.4 Å². The lowest BCUT2D eigenvalue weighted by atomic mass is 10.3. The summed E-state index contributed by atoms with van der Waals surface area (Å²) in [5.41, 5.74) is 0. The lowest BCUT2D eigenvalue weighted by Crippen LogP contribution is -2.54. The number of amides is 1. The molecule has 0 aromatic heterocycles. The number of hydrogen-bond donors (Lipinski definition) is 2. The molecule has 1 aromatic carbocycles. The van der Waals surface area contributed by atoms with Crippen LogP contribution in [0.25, 0.3) is 0 Å². The Kier molecular flexibility index (Phi) is 11.9. The van der Waals surface area contributed by atoms with Crippen molar-refractivity contribution in [2.24, 2.45) is 4.99 Å². The highest BCUT2D eigenvalue weighted by atomic mass is 127. The van der Waals surface area contributed by atoms with Gasteiger partial charge in [0.25, 0.3) is 0 Å². The maximum Gasteiger partial charge on any atom is 0.234 e. The number of hydrogen-bond acceptors (Lipinski definition) is 4. The molecule has 1 fully saturated rings.